The highest BCUT2D eigenvalue weighted by molar-refractivity contribution is 5.79. The van der Waals surface area contributed by atoms with Gasteiger partial charge in [0.15, 0.2) is 0 Å². The van der Waals surface area contributed by atoms with Crippen LogP contribution in [0.4, 0.5) is 13.2 Å². The van der Waals surface area contributed by atoms with Gasteiger partial charge in [0.1, 0.15) is 0 Å². The van der Waals surface area contributed by atoms with Gasteiger partial charge in [0.05, 0.1) is 17.6 Å². The van der Waals surface area contributed by atoms with Crippen molar-refractivity contribution in [3.05, 3.63) is 70.3 Å². The summed E-state index contributed by atoms with van der Waals surface area (Å²) in [5, 5.41) is 10.9. The van der Waals surface area contributed by atoms with E-state index in [-0.39, 0.29) is 43.8 Å². The van der Waals surface area contributed by atoms with Gasteiger partial charge in [-0.2, -0.15) is 13.2 Å². The van der Waals surface area contributed by atoms with Gasteiger partial charge < -0.3 is 10.0 Å². The summed E-state index contributed by atoms with van der Waals surface area (Å²) >= 11 is 0. The van der Waals surface area contributed by atoms with Crippen LogP contribution < -0.4 is 0 Å². The minimum absolute atomic E-state index is 0.0696. The number of likely N-dealkylation sites (tertiary alicyclic amines) is 1. The molecule has 28 heavy (non-hydrogen) atoms. The Labute approximate surface area is 162 Å². The van der Waals surface area contributed by atoms with Crippen LogP contribution in [-0.4, -0.2) is 29.0 Å². The Kier molecular flexibility index (Phi) is 5.53. The first-order valence-electron chi connectivity index (χ1n) is 9.33. The number of amides is 1. The minimum atomic E-state index is -4.53. The Balaban J connectivity index is 1.72. The molecule has 150 valence electrons. The highest BCUT2D eigenvalue weighted by atomic mass is 19.4. The second kappa shape index (κ2) is 7.59. The Bertz CT molecular complexity index is 868. The van der Waals surface area contributed by atoms with E-state index in [4.69, 9.17) is 0 Å². The van der Waals surface area contributed by atoms with Gasteiger partial charge >= 0.3 is 6.18 Å². The van der Waals surface area contributed by atoms with Gasteiger partial charge in [-0.05, 0) is 49.4 Å². The Hall–Kier alpha value is -2.34. The number of aryl methyl sites for hydroxylation is 2. The zero-order valence-electron chi connectivity index (χ0n) is 16.0. The number of nitrogens with zero attached hydrogens (tertiary/aromatic N) is 1. The molecule has 0 unspecified atom stereocenters. The minimum Gasteiger partial charge on any atom is -0.385 e. The van der Waals surface area contributed by atoms with E-state index in [1.807, 2.05) is 32.0 Å². The molecule has 0 saturated carbocycles. The normalized spacial score (nSPS) is 16.9. The summed E-state index contributed by atoms with van der Waals surface area (Å²) in [6.07, 6.45) is -4.11. The van der Waals surface area contributed by atoms with Crippen LogP contribution in [0.3, 0.4) is 0 Å². The van der Waals surface area contributed by atoms with Crippen LogP contribution in [0, 0.1) is 13.8 Å². The second-order valence-corrected chi connectivity index (χ2v) is 7.56. The SMILES string of the molecule is Cc1ccc(C)c(CC(=O)N2CCC(O)(c3ccccc3C(F)(F)F)CC2)c1. The molecule has 0 aromatic heterocycles. The third-order valence-electron chi connectivity index (χ3n) is 5.52. The summed E-state index contributed by atoms with van der Waals surface area (Å²) < 4.78 is 39.9. The van der Waals surface area contributed by atoms with Crippen molar-refractivity contribution in [3.8, 4) is 0 Å². The molecule has 2 aromatic rings. The molecule has 1 aliphatic heterocycles. The molecule has 0 bridgehead atoms. The van der Waals surface area contributed by atoms with Gasteiger partial charge in [-0.1, -0.05) is 42.0 Å². The zero-order valence-corrected chi connectivity index (χ0v) is 16.0. The number of carbonyl (C=O) groups is 1. The van der Waals surface area contributed by atoms with E-state index in [2.05, 4.69) is 0 Å². The number of carbonyl (C=O) groups excluding carboxylic acids is 1. The molecular formula is C22H24F3NO2. The number of benzene rings is 2. The number of hydrogen-bond acceptors (Lipinski definition) is 2. The van der Waals surface area contributed by atoms with E-state index in [1.165, 1.54) is 18.2 Å². The smallest absolute Gasteiger partial charge is 0.385 e. The highest BCUT2D eigenvalue weighted by Crippen LogP contribution is 2.41. The van der Waals surface area contributed by atoms with Crippen molar-refractivity contribution in [3.63, 3.8) is 0 Å². The summed E-state index contributed by atoms with van der Waals surface area (Å²) in [5.74, 6) is -0.0696. The predicted molar refractivity (Wildman–Crippen MR) is 101 cm³/mol. The standard InChI is InChI=1S/C22H24F3NO2/c1-15-7-8-16(2)17(13-15)14-20(27)26-11-9-21(28,10-12-26)18-5-3-4-6-19(18)22(23,24)25/h3-8,13,28H,9-12,14H2,1-2H3. The molecule has 0 aliphatic carbocycles. The lowest BCUT2D eigenvalue weighted by Gasteiger charge is -2.39. The summed E-state index contributed by atoms with van der Waals surface area (Å²) in [4.78, 5) is 14.3. The van der Waals surface area contributed by atoms with Crippen molar-refractivity contribution in [2.45, 2.75) is 44.9 Å². The van der Waals surface area contributed by atoms with Crippen molar-refractivity contribution in [2.75, 3.05) is 13.1 Å². The molecule has 1 fully saturated rings. The van der Waals surface area contributed by atoms with E-state index in [1.54, 1.807) is 4.90 Å². The first kappa shape index (κ1) is 20.4. The third kappa shape index (κ3) is 4.22. The summed E-state index contributed by atoms with van der Waals surface area (Å²) in [6.45, 7) is 4.37. The molecule has 1 N–H and O–H groups in total. The number of rotatable bonds is 3. The van der Waals surface area contributed by atoms with Gasteiger partial charge in [0.25, 0.3) is 0 Å². The van der Waals surface area contributed by atoms with Crippen molar-refractivity contribution >= 4 is 5.91 Å². The quantitative estimate of drug-likeness (QED) is 0.844. The van der Waals surface area contributed by atoms with E-state index in [0.29, 0.717) is 0 Å². The molecule has 1 heterocycles. The molecule has 0 spiro atoms. The molecule has 1 aliphatic rings. The zero-order chi connectivity index (χ0) is 20.5. The molecule has 1 saturated heterocycles. The van der Waals surface area contributed by atoms with E-state index in [0.717, 1.165) is 22.8 Å². The van der Waals surface area contributed by atoms with Crippen LogP contribution in [0.2, 0.25) is 0 Å². The molecule has 0 radical (unpaired) electrons. The molecule has 1 amide bonds. The maximum Gasteiger partial charge on any atom is 0.416 e. The Morgan fingerprint density at radius 2 is 1.75 bits per heavy atom. The lowest BCUT2D eigenvalue weighted by molar-refractivity contribution is -0.144. The number of piperidine rings is 1. The fourth-order valence-electron chi connectivity index (χ4n) is 3.80. The Morgan fingerprint density at radius 3 is 2.39 bits per heavy atom. The van der Waals surface area contributed by atoms with Crippen LogP contribution >= 0.6 is 0 Å². The first-order valence-corrected chi connectivity index (χ1v) is 9.33. The lowest BCUT2D eigenvalue weighted by Crippen LogP contribution is -2.46. The van der Waals surface area contributed by atoms with Crippen molar-refractivity contribution in [1.82, 2.24) is 4.90 Å². The summed E-state index contributed by atoms with van der Waals surface area (Å²) in [5.41, 5.74) is 0.559. The van der Waals surface area contributed by atoms with E-state index < -0.39 is 17.3 Å². The maximum atomic E-state index is 13.3. The highest BCUT2D eigenvalue weighted by Gasteiger charge is 2.42. The molecule has 0 atom stereocenters. The van der Waals surface area contributed by atoms with Crippen LogP contribution in [0.15, 0.2) is 42.5 Å². The monoisotopic (exact) mass is 391 g/mol. The topological polar surface area (TPSA) is 40.5 Å². The van der Waals surface area contributed by atoms with Gasteiger partial charge in [-0.15, -0.1) is 0 Å². The van der Waals surface area contributed by atoms with Crippen molar-refractivity contribution in [1.29, 1.82) is 0 Å². The van der Waals surface area contributed by atoms with Crippen LogP contribution in [0.25, 0.3) is 0 Å². The molecule has 3 nitrogen and oxygen atoms in total. The molecule has 2 aromatic carbocycles. The number of aliphatic hydroxyl groups is 1. The largest absolute Gasteiger partial charge is 0.416 e. The van der Waals surface area contributed by atoms with Gasteiger partial charge in [0, 0.05) is 13.1 Å². The van der Waals surface area contributed by atoms with Gasteiger partial charge in [-0.25, -0.2) is 0 Å². The van der Waals surface area contributed by atoms with Crippen LogP contribution in [0.1, 0.15) is 40.7 Å². The third-order valence-corrected chi connectivity index (χ3v) is 5.52. The number of halogens is 3. The van der Waals surface area contributed by atoms with E-state index >= 15 is 0 Å². The van der Waals surface area contributed by atoms with Crippen LogP contribution in [-0.2, 0) is 23.0 Å². The van der Waals surface area contributed by atoms with Gasteiger partial charge in [0.2, 0.25) is 5.91 Å². The molecule has 3 rings (SSSR count). The molecular weight excluding hydrogens is 367 g/mol. The number of hydrogen-bond donors (Lipinski definition) is 1. The summed E-state index contributed by atoms with van der Waals surface area (Å²) in [7, 11) is 0. The fourth-order valence-corrected chi connectivity index (χ4v) is 3.80. The van der Waals surface area contributed by atoms with Crippen molar-refractivity contribution < 1.29 is 23.1 Å². The molecule has 6 heteroatoms. The van der Waals surface area contributed by atoms with Crippen molar-refractivity contribution in [2.24, 2.45) is 0 Å². The van der Waals surface area contributed by atoms with E-state index in [9.17, 15) is 23.1 Å². The lowest BCUT2D eigenvalue weighted by atomic mass is 9.81. The fraction of sp³-hybridized carbons (Fsp3) is 0.409. The average Bonchev–Trinajstić information content (AvgIpc) is 2.64. The maximum absolute atomic E-state index is 13.3. The second-order valence-electron chi connectivity index (χ2n) is 7.56. The summed E-state index contributed by atoms with van der Waals surface area (Å²) in [6, 6.07) is 11.1. The Morgan fingerprint density at radius 1 is 1.11 bits per heavy atom. The van der Waals surface area contributed by atoms with Gasteiger partial charge in [-0.3, -0.25) is 4.79 Å². The van der Waals surface area contributed by atoms with Crippen LogP contribution in [0.5, 0.6) is 0 Å². The predicted octanol–water partition coefficient (Wildman–Crippen LogP) is 4.37. The average molecular weight is 391 g/mol. The number of alkyl halides is 3. The first-order chi connectivity index (χ1) is 13.1.